The summed E-state index contributed by atoms with van der Waals surface area (Å²) in [6.07, 6.45) is 0. The minimum Gasteiger partial charge on any atom is -0.332 e. The maximum absolute atomic E-state index is 13.3. The highest BCUT2D eigenvalue weighted by Gasteiger charge is 2.30. The van der Waals surface area contributed by atoms with Crippen LogP contribution in [0.4, 0.5) is 10.1 Å². The summed E-state index contributed by atoms with van der Waals surface area (Å²) in [5.41, 5.74) is 0.345. The summed E-state index contributed by atoms with van der Waals surface area (Å²) < 4.78 is 40.7. The Bertz CT molecular complexity index is 1360. The van der Waals surface area contributed by atoms with Crippen LogP contribution in [0.1, 0.15) is 15.2 Å². The third-order valence-corrected chi connectivity index (χ3v) is 9.15. The van der Waals surface area contributed by atoms with Crippen molar-refractivity contribution >= 4 is 44.6 Å². The molecule has 0 atom stereocenters. The van der Waals surface area contributed by atoms with Crippen molar-refractivity contribution in [2.24, 2.45) is 0 Å². The van der Waals surface area contributed by atoms with Crippen LogP contribution in [-0.4, -0.2) is 72.6 Å². The predicted molar refractivity (Wildman–Crippen MR) is 139 cm³/mol. The van der Waals surface area contributed by atoms with Gasteiger partial charge >= 0.3 is 0 Å². The summed E-state index contributed by atoms with van der Waals surface area (Å²) in [6.45, 7) is 2.54. The average Bonchev–Trinajstić information content (AvgIpc) is 3.42. The predicted octanol–water partition coefficient (Wildman–Crippen LogP) is 4.10. The molecule has 1 aromatic heterocycles. The van der Waals surface area contributed by atoms with E-state index in [1.54, 1.807) is 23.1 Å². The smallest absolute Gasteiger partial charge is 0.289 e. The van der Waals surface area contributed by atoms with Crippen LogP contribution >= 0.6 is 22.9 Å². The van der Waals surface area contributed by atoms with Gasteiger partial charge in [-0.05, 0) is 41.3 Å². The SMILES string of the molecule is O=C(c1cccs1)N(CCN1CCN(S(=O)(=O)c2ccc(Cl)c([N+](=O)[O-])c2)CC1)Cc1ccc(F)cc1. The fourth-order valence-electron chi connectivity index (χ4n) is 4.02. The second-order valence-corrected chi connectivity index (χ2v) is 11.7. The zero-order chi connectivity index (χ0) is 26.6. The molecule has 9 nitrogen and oxygen atoms in total. The van der Waals surface area contributed by atoms with Gasteiger partial charge in [0.15, 0.2) is 0 Å². The molecule has 1 aliphatic rings. The first kappa shape index (κ1) is 27.1. The van der Waals surface area contributed by atoms with Gasteiger partial charge in [0.05, 0.1) is 14.7 Å². The van der Waals surface area contributed by atoms with Gasteiger partial charge in [-0.1, -0.05) is 29.8 Å². The Kier molecular flexibility index (Phi) is 8.55. The van der Waals surface area contributed by atoms with Gasteiger partial charge in [0.2, 0.25) is 10.0 Å². The van der Waals surface area contributed by atoms with Crippen molar-refractivity contribution in [1.29, 1.82) is 0 Å². The molecule has 196 valence electrons. The number of thiophene rings is 1. The number of benzene rings is 2. The monoisotopic (exact) mass is 566 g/mol. The molecule has 13 heteroatoms. The number of hydrogen-bond donors (Lipinski definition) is 0. The summed E-state index contributed by atoms with van der Waals surface area (Å²) in [5, 5.41) is 12.9. The lowest BCUT2D eigenvalue weighted by Crippen LogP contribution is -2.50. The molecular weight excluding hydrogens is 543 g/mol. The van der Waals surface area contributed by atoms with Crippen LogP contribution in [-0.2, 0) is 16.6 Å². The number of sulfonamides is 1. The maximum atomic E-state index is 13.3. The van der Waals surface area contributed by atoms with Gasteiger partial charge in [0, 0.05) is 51.9 Å². The summed E-state index contributed by atoms with van der Waals surface area (Å²) in [4.78, 5) is 27.7. The van der Waals surface area contributed by atoms with E-state index in [4.69, 9.17) is 11.6 Å². The number of nitro groups is 1. The molecule has 0 unspecified atom stereocenters. The van der Waals surface area contributed by atoms with E-state index in [9.17, 15) is 27.7 Å². The first-order valence-corrected chi connectivity index (χ1v) is 14.1. The Hall–Kier alpha value is -2.90. The molecule has 1 saturated heterocycles. The van der Waals surface area contributed by atoms with E-state index < -0.39 is 20.6 Å². The first-order chi connectivity index (χ1) is 17.6. The van der Waals surface area contributed by atoms with Crippen molar-refractivity contribution in [2.45, 2.75) is 11.4 Å². The molecule has 1 amide bonds. The standard InChI is InChI=1S/C24H24ClFN4O5S2/c25-21-8-7-20(16-22(21)30(32)33)37(34,35)29-13-10-27(11-14-29)9-12-28(24(31)23-2-1-15-36-23)17-18-3-5-19(26)6-4-18/h1-8,15-16H,9-14,17H2. The lowest BCUT2D eigenvalue weighted by molar-refractivity contribution is -0.384. The van der Waals surface area contributed by atoms with E-state index >= 15 is 0 Å². The lowest BCUT2D eigenvalue weighted by atomic mass is 10.2. The van der Waals surface area contributed by atoms with Crippen molar-refractivity contribution < 1.29 is 22.5 Å². The molecule has 0 saturated carbocycles. The minimum atomic E-state index is -3.93. The molecule has 3 aromatic rings. The number of rotatable bonds is 9. The van der Waals surface area contributed by atoms with Crippen molar-refractivity contribution in [3.8, 4) is 0 Å². The third kappa shape index (κ3) is 6.51. The van der Waals surface area contributed by atoms with Gasteiger partial charge in [-0.25, -0.2) is 12.8 Å². The molecule has 0 aliphatic carbocycles. The molecule has 2 aromatic carbocycles. The van der Waals surface area contributed by atoms with Gasteiger partial charge in [0.25, 0.3) is 11.6 Å². The summed E-state index contributed by atoms with van der Waals surface area (Å²) >= 11 is 7.17. The highest BCUT2D eigenvalue weighted by atomic mass is 35.5. The van der Waals surface area contributed by atoms with E-state index in [0.29, 0.717) is 37.6 Å². The topological polar surface area (TPSA) is 104 Å². The molecule has 1 fully saturated rings. The Morgan fingerprint density at radius 2 is 1.81 bits per heavy atom. The third-order valence-electron chi connectivity index (χ3n) is 6.08. The quantitative estimate of drug-likeness (QED) is 0.285. The van der Waals surface area contributed by atoms with Crippen LogP contribution < -0.4 is 0 Å². The summed E-state index contributed by atoms with van der Waals surface area (Å²) in [5.74, 6) is -0.467. The zero-order valence-electron chi connectivity index (χ0n) is 19.6. The molecule has 2 heterocycles. The molecule has 0 N–H and O–H groups in total. The van der Waals surface area contributed by atoms with Crippen molar-refractivity contribution in [3.63, 3.8) is 0 Å². The van der Waals surface area contributed by atoms with Crippen LogP contribution in [0.5, 0.6) is 0 Å². The van der Waals surface area contributed by atoms with E-state index in [1.165, 1.54) is 39.9 Å². The van der Waals surface area contributed by atoms with Crippen LogP contribution in [0, 0.1) is 15.9 Å². The summed E-state index contributed by atoms with van der Waals surface area (Å²) in [6, 6.07) is 13.0. The fourth-order valence-corrected chi connectivity index (χ4v) is 6.34. The van der Waals surface area contributed by atoms with Gasteiger partial charge in [-0.15, -0.1) is 11.3 Å². The first-order valence-electron chi connectivity index (χ1n) is 11.4. The number of nitro benzene ring substituents is 1. The number of nitrogens with zero attached hydrogens (tertiary/aromatic N) is 4. The van der Waals surface area contributed by atoms with E-state index in [1.807, 2.05) is 11.4 Å². The fraction of sp³-hybridized carbons (Fsp3) is 0.292. The number of carbonyl (C=O) groups excluding carboxylic acids is 1. The highest BCUT2D eigenvalue weighted by molar-refractivity contribution is 7.89. The van der Waals surface area contributed by atoms with Crippen LogP contribution in [0.3, 0.4) is 0 Å². The molecule has 1 aliphatic heterocycles. The number of hydrogen-bond acceptors (Lipinski definition) is 7. The number of halogens is 2. The van der Waals surface area contributed by atoms with Crippen molar-refractivity contribution in [3.05, 3.63) is 91.4 Å². The van der Waals surface area contributed by atoms with E-state index in [-0.39, 0.29) is 34.7 Å². The van der Waals surface area contributed by atoms with Crippen molar-refractivity contribution in [2.75, 3.05) is 39.3 Å². The Morgan fingerprint density at radius 3 is 2.43 bits per heavy atom. The Labute approximate surface area is 222 Å². The lowest BCUT2D eigenvalue weighted by Gasteiger charge is -2.35. The average molecular weight is 567 g/mol. The maximum Gasteiger partial charge on any atom is 0.289 e. The van der Waals surface area contributed by atoms with E-state index in [0.717, 1.165) is 11.6 Å². The molecule has 0 radical (unpaired) electrons. The van der Waals surface area contributed by atoms with Gasteiger partial charge in [-0.3, -0.25) is 19.8 Å². The minimum absolute atomic E-state index is 0.120. The second-order valence-electron chi connectivity index (χ2n) is 8.45. The highest BCUT2D eigenvalue weighted by Crippen LogP contribution is 2.29. The molecular formula is C24H24ClFN4O5S2. The Morgan fingerprint density at radius 1 is 1.11 bits per heavy atom. The van der Waals surface area contributed by atoms with Gasteiger partial charge in [0.1, 0.15) is 10.8 Å². The Balaban J connectivity index is 1.39. The van der Waals surface area contributed by atoms with Crippen molar-refractivity contribution in [1.82, 2.24) is 14.1 Å². The molecule has 0 bridgehead atoms. The zero-order valence-corrected chi connectivity index (χ0v) is 22.0. The number of amides is 1. The van der Waals surface area contributed by atoms with Crippen LogP contribution in [0.25, 0.3) is 0 Å². The summed E-state index contributed by atoms with van der Waals surface area (Å²) in [7, 11) is -3.93. The normalized spacial score (nSPS) is 15.0. The molecule has 4 rings (SSSR count). The second kappa shape index (κ2) is 11.7. The van der Waals surface area contributed by atoms with E-state index in [2.05, 4.69) is 4.90 Å². The number of piperazine rings is 1. The largest absolute Gasteiger partial charge is 0.332 e. The van der Waals surface area contributed by atoms with Gasteiger partial charge in [-0.2, -0.15) is 4.31 Å². The van der Waals surface area contributed by atoms with Crippen LogP contribution in [0.2, 0.25) is 5.02 Å². The van der Waals surface area contributed by atoms with Crippen LogP contribution in [0.15, 0.2) is 64.9 Å². The number of carbonyl (C=O) groups is 1. The molecule has 37 heavy (non-hydrogen) atoms. The van der Waals surface area contributed by atoms with Gasteiger partial charge < -0.3 is 4.90 Å². The molecule has 0 spiro atoms.